The Morgan fingerprint density at radius 2 is 1.60 bits per heavy atom. The summed E-state index contributed by atoms with van der Waals surface area (Å²) < 4.78 is 44.0. The standard InChI is InChI=1S/C30H31F2N5O3/c1-19-16-37(17-20(2)40-19)30-34-28-24(29(35-30)36-11-13-38-14-12-36)8-10-27(33-28)22-4-6-23(7-5-22)39-18-21-3-9-25(31)26(32)15-21/h3-10,15,19-20H,11-14,16-18H2,1-2H3. The zero-order chi connectivity index (χ0) is 27.6. The first-order valence-corrected chi connectivity index (χ1v) is 13.5. The van der Waals surface area contributed by atoms with Gasteiger partial charge in [-0.15, -0.1) is 0 Å². The fourth-order valence-electron chi connectivity index (χ4n) is 5.16. The third kappa shape index (κ3) is 5.68. The van der Waals surface area contributed by atoms with E-state index in [1.165, 1.54) is 6.07 Å². The number of aromatic nitrogens is 3. The van der Waals surface area contributed by atoms with Gasteiger partial charge in [0, 0.05) is 31.7 Å². The molecule has 0 aliphatic carbocycles. The number of ether oxygens (including phenoxy) is 3. The van der Waals surface area contributed by atoms with Crippen LogP contribution in [0.4, 0.5) is 20.5 Å². The maximum Gasteiger partial charge on any atom is 0.229 e. The van der Waals surface area contributed by atoms with Crippen molar-refractivity contribution in [2.45, 2.75) is 32.7 Å². The maximum atomic E-state index is 13.5. The Hall–Kier alpha value is -3.89. The lowest BCUT2D eigenvalue weighted by Gasteiger charge is -2.36. The first-order chi connectivity index (χ1) is 19.4. The van der Waals surface area contributed by atoms with Crippen molar-refractivity contribution in [2.75, 3.05) is 49.2 Å². The number of hydrogen-bond acceptors (Lipinski definition) is 8. The van der Waals surface area contributed by atoms with Crippen molar-refractivity contribution in [3.05, 3.63) is 71.8 Å². The molecule has 6 rings (SSSR count). The molecule has 2 aromatic carbocycles. The van der Waals surface area contributed by atoms with Crippen LogP contribution < -0.4 is 14.5 Å². The minimum atomic E-state index is -0.889. The van der Waals surface area contributed by atoms with E-state index in [9.17, 15) is 8.78 Å². The number of anilines is 2. The zero-order valence-electron chi connectivity index (χ0n) is 22.5. The molecule has 2 aliphatic rings. The topological polar surface area (TPSA) is 72.8 Å². The highest BCUT2D eigenvalue weighted by atomic mass is 19.2. The largest absolute Gasteiger partial charge is 0.489 e. The van der Waals surface area contributed by atoms with Crippen LogP contribution >= 0.6 is 0 Å². The van der Waals surface area contributed by atoms with Crippen LogP contribution in [0.25, 0.3) is 22.3 Å². The van der Waals surface area contributed by atoms with E-state index in [1.807, 2.05) is 36.4 Å². The predicted molar refractivity (Wildman–Crippen MR) is 149 cm³/mol. The van der Waals surface area contributed by atoms with E-state index < -0.39 is 11.6 Å². The van der Waals surface area contributed by atoms with Gasteiger partial charge in [0.1, 0.15) is 18.2 Å². The number of nitrogens with zero attached hydrogens (tertiary/aromatic N) is 5. The number of hydrogen-bond donors (Lipinski definition) is 0. The molecule has 10 heteroatoms. The minimum Gasteiger partial charge on any atom is -0.489 e. The number of halogens is 2. The predicted octanol–water partition coefficient (Wildman–Crippen LogP) is 5.00. The molecule has 2 atom stereocenters. The molecule has 0 amide bonds. The van der Waals surface area contributed by atoms with Crippen molar-refractivity contribution < 1.29 is 23.0 Å². The van der Waals surface area contributed by atoms with Crippen LogP contribution in [0.1, 0.15) is 19.4 Å². The summed E-state index contributed by atoms with van der Waals surface area (Å²) in [5.74, 6) is 0.375. The Morgan fingerprint density at radius 1 is 0.850 bits per heavy atom. The fourth-order valence-corrected chi connectivity index (χ4v) is 5.16. The third-order valence-electron chi connectivity index (χ3n) is 7.08. The molecule has 2 aromatic heterocycles. The van der Waals surface area contributed by atoms with E-state index in [0.717, 1.165) is 47.7 Å². The Morgan fingerprint density at radius 3 is 2.33 bits per heavy atom. The lowest BCUT2D eigenvalue weighted by atomic mass is 10.1. The average molecular weight is 548 g/mol. The summed E-state index contributed by atoms with van der Waals surface area (Å²) in [4.78, 5) is 19.3. The van der Waals surface area contributed by atoms with Crippen molar-refractivity contribution in [3.63, 3.8) is 0 Å². The highest BCUT2D eigenvalue weighted by Gasteiger charge is 2.26. The molecule has 2 aliphatic heterocycles. The number of benzene rings is 2. The second-order valence-corrected chi connectivity index (χ2v) is 10.2. The van der Waals surface area contributed by atoms with E-state index >= 15 is 0 Å². The Kier molecular flexibility index (Phi) is 7.44. The molecule has 8 nitrogen and oxygen atoms in total. The van der Waals surface area contributed by atoms with Crippen molar-refractivity contribution >= 4 is 22.8 Å². The first kappa shape index (κ1) is 26.3. The summed E-state index contributed by atoms with van der Waals surface area (Å²) in [5.41, 5.74) is 2.87. The highest BCUT2D eigenvalue weighted by molar-refractivity contribution is 5.90. The zero-order valence-corrected chi connectivity index (χ0v) is 22.5. The van der Waals surface area contributed by atoms with Gasteiger partial charge in [-0.25, -0.2) is 13.8 Å². The highest BCUT2D eigenvalue weighted by Crippen LogP contribution is 2.30. The van der Waals surface area contributed by atoms with Gasteiger partial charge in [0.15, 0.2) is 17.3 Å². The van der Waals surface area contributed by atoms with E-state index in [-0.39, 0.29) is 18.8 Å². The SMILES string of the molecule is CC1CN(c2nc(N3CCOCC3)c3ccc(-c4ccc(OCc5ccc(F)c(F)c5)cc4)nc3n2)CC(C)O1. The molecule has 2 saturated heterocycles. The van der Waals surface area contributed by atoms with Crippen molar-refractivity contribution in [1.82, 2.24) is 15.0 Å². The van der Waals surface area contributed by atoms with Crippen LogP contribution in [-0.2, 0) is 16.1 Å². The molecule has 4 heterocycles. The van der Waals surface area contributed by atoms with Gasteiger partial charge in [-0.1, -0.05) is 6.07 Å². The summed E-state index contributed by atoms with van der Waals surface area (Å²) in [6.07, 6.45) is 0.161. The lowest BCUT2D eigenvalue weighted by molar-refractivity contribution is -0.00570. The molecule has 4 aromatic rings. The summed E-state index contributed by atoms with van der Waals surface area (Å²) in [6, 6.07) is 15.3. The molecule has 40 heavy (non-hydrogen) atoms. The van der Waals surface area contributed by atoms with Gasteiger partial charge < -0.3 is 24.0 Å². The molecule has 0 radical (unpaired) electrons. The molecular formula is C30H31F2N5O3. The summed E-state index contributed by atoms with van der Waals surface area (Å²) in [7, 11) is 0. The number of fused-ring (bicyclic) bond motifs is 1. The number of pyridine rings is 1. The Balaban J connectivity index is 1.28. The average Bonchev–Trinajstić information content (AvgIpc) is 2.97. The molecule has 0 spiro atoms. The van der Waals surface area contributed by atoms with Gasteiger partial charge in [0.05, 0.1) is 36.5 Å². The normalized spacial score (nSPS) is 19.7. The van der Waals surface area contributed by atoms with Crippen molar-refractivity contribution in [2.24, 2.45) is 0 Å². The quantitative estimate of drug-likeness (QED) is 0.334. The molecule has 0 bridgehead atoms. The van der Waals surface area contributed by atoms with Crippen molar-refractivity contribution in [1.29, 1.82) is 0 Å². The monoisotopic (exact) mass is 547 g/mol. The maximum absolute atomic E-state index is 13.5. The number of morpholine rings is 2. The van der Waals surface area contributed by atoms with Crippen LogP contribution in [0.15, 0.2) is 54.6 Å². The van der Waals surface area contributed by atoms with Crippen LogP contribution in [0.2, 0.25) is 0 Å². The Bertz CT molecular complexity index is 1490. The Labute approximate surface area is 231 Å². The molecular weight excluding hydrogens is 516 g/mol. The van der Waals surface area contributed by atoms with Crippen LogP contribution in [-0.4, -0.2) is 66.6 Å². The second-order valence-electron chi connectivity index (χ2n) is 10.2. The molecule has 2 fully saturated rings. The van der Waals surface area contributed by atoms with Crippen LogP contribution in [0.5, 0.6) is 5.75 Å². The van der Waals surface area contributed by atoms with Gasteiger partial charge >= 0.3 is 0 Å². The molecule has 0 saturated carbocycles. The summed E-state index contributed by atoms with van der Waals surface area (Å²) in [5, 5.41) is 0.898. The summed E-state index contributed by atoms with van der Waals surface area (Å²) in [6.45, 7) is 8.51. The van der Waals surface area contributed by atoms with E-state index in [1.54, 1.807) is 0 Å². The van der Waals surface area contributed by atoms with Gasteiger partial charge in [0.25, 0.3) is 0 Å². The molecule has 2 unspecified atom stereocenters. The molecule has 208 valence electrons. The second kappa shape index (κ2) is 11.3. The van der Waals surface area contributed by atoms with Gasteiger partial charge in [-0.3, -0.25) is 0 Å². The van der Waals surface area contributed by atoms with Gasteiger partial charge in [0.2, 0.25) is 5.95 Å². The van der Waals surface area contributed by atoms with Crippen LogP contribution in [0.3, 0.4) is 0 Å². The summed E-state index contributed by atoms with van der Waals surface area (Å²) >= 11 is 0. The first-order valence-electron chi connectivity index (χ1n) is 13.5. The van der Waals surface area contributed by atoms with Crippen LogP contribution in [0, 0.1) is 11.6 Å². The minimum absolute atomic E-state index is 0.0805. The molecule has 0 N–H and O–H groups in total. The lowest BCUT2D eigenvalue weighted by Crippen LogP contribution is -2.46. The van der Waals surface area contributed by atoms with Crippen molar-refractivity contribution in [3.8, 4) is 17.0 Å². The van der Waals surface area contributed by atoms with E-state index in [2.05, 4.69) is 23.6 Å². The van der Waals surface area contributed by atoms with Gasteiger partial charge in [-0.2, -0.15) is 9.97 Å². The van der Waals surface area contributed by atoms with E-state index in [4.69, 9.17) is 29.2 Å². The smallest absolute Gasteiger partial charge is 0.229 e. The third-order valence-corrected chi connectivity index (χ3v) is 7.08. The fraction of sp³-hybridized carbons (Fsp3) is 0.367. The van der Waals surface area contributed by atoms with E-state index in [0.29, 0.717) is 49.2 Å². The number of rotatable bonds is 6. The van der Waals surface area contributed by atoms with Gasteiger partial charge in [-0.05, 0) is 67.9 Å².